The Labute approximate surface area is 116 Å². The highest BCUT2D eigenvalue weighted by Gasteiger charge is 2.09. The van der Waals surface area contributed by atoms with E-state index < -0.39 is 0 Å². The van der Waals surface area contributed by atoms with Crippen LogP contribution in [0.5, 0.6) is 5.75 Å². The number of aromatic hydroxyl groups is 1. The Morgan fingerprint density at radius 3 is 2.83 bits per heavy atom. The van der Waals surface area contributed by atoms with E-state index in [1.807, 2.05) is 6.07 Å². The quantitative estimate of drug-likeness (QED) is 0.854. The number of thiophene rings is 1. The lowest BCUT2D eigenvalue weighted by Gasteiger charge is -2.15. The zero-order chi connectivity index (χ0) is 13.0. The minimum atomic E-state index is 0.130. The predicted octanol–water partition coefficient (Wildman–Crippen LogP) is 4.35. The van der Waals surface area contributed by atoms with E-state index in [0.29, 0.717) is 11.1 Å². The summed E-state index contributed by atoms with van der Waals surface area (Å²) in [4.78, 5) is 1.35. The lowest BCUT2D eigenvalue weighted by atomic mass is 10.1. The second-order valence-electron chi connectivity index (χ2n) is 4.14. The molecule has 4 heteroatoms. The largest absolute Gasteiger partial charge is 0.506 e. The Hall–Kier alpha value is -1.03. The Morgan fingerprint density at radius 1 is 1.39 bits per heavy atom. The van der Waals surface area contributed by atoms with Crippen LogP contribution in [0.3, 0.4) is 0 Å². The molecular formula is C14H16ClNOS. The number of nitrogens with one attached hydrogen (secondary N) is 1. The summed E-state index contributed by atoms with van der Waals surface area (Å²) in [6.45, 7) is 2.91. The van der Waals surface area contributed by atoms with Crippen LogP contribution in [0.1, 0.15) is 29.8 Å². The van der Waals surface area contributed by atoms with Crippen molar-refractivity contribution in [2.75, 3.05) is 0 Å². The third-order valence-corrected chi connectivity index (χ3v) is 4.15. The van der Waals surface area contributed by atoms with Crippen molar-refractivity contribution in [1.82, 2.24) is 5.32 Å². The molecule has 0 amide bonds. The molecule has 1 heterocycles. The highest BCUT2D eigenvalue weighted by Crippen LogP contribution is 2.25. The van der Waals surface area contributed by atoms with Crippen LogP contribution in [0.25, 0.3) is 0 Å². The Morgan fingerprint density at radius 2 is 2.22 bits per heavy atom. The number of phenolic OH excluding ortho intramolecular Hbond substituents is 1. The maximum Gasteiger partial charge on any atom is 0.134 e. The predicted molar refractivity (Wildman–Crippen MR) is 77.3 cm³/mol. The number of phenols is 1. The van der Waals surface area contributed by atoms with E-state index in [1.54, 1.807) is 23.5 Å². The summed E-state index contributed by atoms with van der Waals surface area (Å²) in [5.74, 6) is 0.130. The molecule has 2 aromatic rings. The van der Waals surface area contributed by atoms with Gasteiger partial charge in [0, 0.05) is 17.5 Å². The summed E-state index contributed by atoms with van der Waals surface area (Å²) in [5, 5.41) is 15.4. The zero-order valence-electron chi connectivity index (χ0n) is 10.2. The molecule has 0 spiro atoms. The van der Waals surface area contributed by atoms with E-state index in [0.717, 1.165) is 18.5 Å². The normalized spacial score (nSPS) is 12.6. The molecule has 1 aromatic heterocycles. The molecular weight excluding hydrogens is 266 g/mol. The van der Waals surface area contributed by atoms with Gasteiger partial charge in [0.1, 0.15) is 5.75 Å². The standard InChI is InChI=1S/C14H16ClNOS/c1-2-12(14-4-3-7-18-14)16-9-10-5-6-13(17)11(15)8-10/h3-8,12,16-17H,2,9H2,1H3. The van der Waals surface area contributed by atoms with E-state index in [-0.39, 0.29) is 5.75 Å². The monoisotopic (exact) mass is 281 g/mol. The first-order valence-electron chi connectivity index (χ1n) is 5.95. The molecule has 0 fully saturated rings. The van der Waals surface area contributed by atoms with Gasteiger partial charge < -0.3 is 10.4 Å². The molecule has 1 aromatic carbocycles. The third kappa shape index (κ3) is 3.25. The molecule has 1 atom stereocenters. The highest BCUT2D eigenvalue weighted by molar-refractivity contribution is 7.10. The zero-order valence-corrected chi connectivity index (χ0v) is 11.8. The summed E-state index contributed by atoms with van der Waals surface area (Å²) in [6.07, 6.45) is 1.05. The summed E-state index contributed by atoms with van der Waals surface area (Å²) < 4.78 is 0. The molecule has 96 valence electrons. The van der Waals surface area contributed by atoms with Gasteiger partial charge >= 0.3 is 0 Å². The molecule has 18 heavy (non-hydrogen) atoms. The molecule has 0 saturated heterocycles. The van der Waals surface area contributed by atoms with Crippen molar-refractivity contribution < 1.29 is 5.11 Å². The van der Waals surface area contributed by atoms with Gasteiger partial charge in [0.05, 0.1) is 5.02 Å². The van der Waals surface area contributed by atoms with Gasteiger partial charge in [-0.15, -0.1) is 11.3 Å². The number of hydrogen-bond acceptors (Lipinski definition) is 3. The SMILES string of the molecule is CCC(NCc1ccc(O)c(Cl)c1)c1cccs1. The van der Waals surface area contributed by atoms with Crippen LogP contribution in [0.15, 0.2) is 35.7 Å². The summed E-state index contributed by atoms with van der Waals surface area (Å²) in [6, 6.07) is 9.90. The van der Waals surface area contributed by atoms with Gasteiger partial charge in [-0.1, -0.05) is 30.7 Å². The molecule has 0 radical (unpaired) electrons. The van der Waals surface area contributed by atoms with E-state index in [4.69, 9.17) is 11.6 Å². The van der Waals surface area contributed by atoms with Gasteiger partial charge in [0.25, 0.3) is 0 Å². The van der Waals surface area contributed by atoms with Crippen molar-refractivity contribution in [2.24, 2.45) is 0 Å². The van der Waals surface area contributed by atoms with Crippen molar-refractivity contribution in [2.45, 2.75) is 25.9 Å². The van der Waals surface area contributed by atoms with Gasteiger partial charge in [0.2, 0.25) is 0 Å². The van der Waals surface area contributed by atoms with Crippen LogP contribution in [0.2, 0.25) is 5.02 Å². The van der Waals surface area contributed by atoms with Gasteiger partial charge in [0.15, 0.2) is 0 Å². The number of hydrogen-bond donors (Lipinski definition) is 2. The summed E-state index contributed by atoms with van der Waals surface area (Å²) in [7, 11) is 0. The number of rotatable bonds is 5. The average Bonchev–Trinajstić information content (AvgIpc) is 2.88. The maximum absolute atomic E-state index is 9.37. The Bertz CT molecular complexity index is 499. The number of benzene rings is 1. The Kier molecular flexibility index (Phi) is 4.64. The molecule has 0 bridgehead atoms. The second kappa shape index (κ2) is 6.23. The van der Waals surface area contributed by atoms with Crippen LogP contribution < -0.4 is 5.32 Å². The van der Waals surface area contributed by atoms with E-state index in [9.17, 15) is 5.11 Å². The van der Waals surface area contributed by atoms with Gasteiger partial charge in [-0.2, -0.15) is 0 Å². The van der Waals surface area contributed by atoms with Crippen LogP contribution in [0, 0.1) is 0 Å². The lowest BCUT2D eigenvalue weighted by molar-refractivity contribution is 0.474. The van der Waals surface area contributed by atoms with E-state index >= 15 is 0 Å². The molecule has 0 aliphatic rings. The fourth-order valence-corrected chi connectivity index (χ4v) is 2.93. The van der Waals surface area contributed by atoms with Crippen LogP contribution in [0.4, 0.5) is 0 Å². The van der Waals surface area contributed by atoms with Crippen molar-refractivity contribution >= 4 is 22.9 Å². The van der Waals surface area contributed by atoms with E-state index in [1.165, 1.54) is 4.88 Å². The first-order valence-corrected chi connectivity index (χ1v) is 7.20. The fourth-order valence-electron chi connectivity index (χ4n) is 1.84. The fraction of sp³-hybridized carbons (Fsp3) is 0.286. The smallest absolute Gasteiger partial charge is 0.134 e. The molecule has 0 aliphatic carbocycles. The minimum absolute atomic E-state index is 0.130. The van der Waals surface area contributed by atoms with Gasteiger partial charge in [-0.3, -0.25) is 0 Å². The first kappa shape index (κ1) is 13.4. The van der Waals surface area contributed by atoms with Crippen molar-refractivity contribution in [3.8, 4) is 5.75 Å². The van der Waals surface area contributed by atoms with Crippen molar-refractivity contribution in [3.63, 3.8) is 0 Å². The van der Waals surface area contributed by atoms with Gasteiger partial charge in [-0.05, 0) is 35.6 Å². The second-order valence-corrected chi connectivity index (χ2v) is 5.53. The molecule has 2 rings (SSSR count). The lowest BCUT2D eigenvalue weighted by Crippen LogP contribution is -2.19. The van der Waals surface area contributed by atoms with Crippen LogP contribution in [-0.2, 0) is 6.54 Å². The molecule has 2 nitrogen and oxygen atoms in total. The summed E-state index contributed by atoms with van der Waals surface area (Å²) >= 11 is 7.65. The Balaban J connectivity index is 1.99. The van der Waals surface area contributed by atoms with E-state index in [2.05, 4.69) is 29.8 Å². The number of halogens is 1. The van der Waals surface area contributed by atoms with Crippen LogP contribution in [-0.4, -0.2) is 5.11 Å². The molecule has 2 N–H and O–H groups in total. The first-order chi connectivity index (χ1) is 8.70. The third-order valence-electron chi connectivity index (χ3n) is 2.86. The van der Waals surface area contributed by atoms with Crippen molar-refractivity contribution in [1.29, 1.82) is 0 Å². The summed E-state index contributed by atoms with van der Waals surface area (Å²) in [5.41, 5.74) is 1.08. The molecule has 1 unspecified atom stereocenters. The molecule has 0 saturated carbocycles. The highest BCUT2D eigenvalue weighted by atomic mass is 35.5. The minimum Gasteiger partial charge on any atom is -0.506 e. The van der Waals surface area contributed by atoms with Gasteiger partial charge in [-0.25, -0.2) is 0 Å². The average molecular weight is 282 g/mol. The van der Waals surface area contributed by atoms with Crippen molar-refractivity contribution in [3.05, 3.63) is 51.2 Å². The van der Waals surface area contributed by atoms with Crippen LogP contribution >= 0.6 is 22.9 Å². The topological polar surface area (TPSA) is 32.3 Å². The maximum atomic E-state index is 9.37. The molecule has 0 aliphatic heterocycles.